The second-order valence-corrected chi connectivity index (χ2v) is 6.55. The summed E-state index contributed by atoms with van der Waals surface area (Å²) in [5.41, 5.74) is 3.04. The molecule has 1 aromatic carbocycles. The molecule has 2 amide bonds. The van der Waals surface area contributed by atoms with E-state index >= 15 is 0 Å². The van der Waals surface area contributed by atoms with Gasteiger partial charge in [-0.05, 0) is 37.8 Å². The van der Waals surface area contributed by atoms with Crippen molar-refractivity contribution in [1.29, 1.82) is 0 Å². The average Bonchev–Trinajstić information content (AvgIpc) is 3.31. The zero-order valence-electron chi connectivity index (χ0n) is 14.6. The predicted octanol–water partition coefficient (Wildman–Crippen LogP) is 2.18. The predicted molar refractivity (Wildman–Crippen MR) is 92.5 cm³/mol. The summed E-state index contributed by atoms with van der Waals surface area (Å²) in [6.45, 7) is 4.98. The number of nitrogens with zero attached hydrogens (tertiary/aromatic N) is 2. The molecule has 0 aliphatic heterocycles. The summed E-state index contributed by atoms with van der Waals surface area (Å²) in [5, 5.41) is 3.03. The third-order valence-electron chi connectivity index (χ3n) is 4.27. The lowest BCUT2D eigenvalue weighted by atomic mass is 10.1. The number of hydrogen-bond donors (Lipinski definition) is 1. The van der Waals surface area contributed by atoms with Gasteiger partial charge in [0, 0.05) is 38.8 Å². The smallest absolute Gasteiger partial charge is 0.238 e. The van der Waals surface area contributed by atoms with E-state index in [4.69, 9.17) is 0 Å². The first-order valence-electron chi connectivity index (χ1n) is 8.18. The Morgan fingerprint density at radius 2 is 1.78 bits per heavy atom. The lowest BCUT2D eigenvalue weighted by Gasteiger charge is -2.22. The molecule has 0 spiro atoms. The lowest BCUT2D eigenvalue weighted by Crippen LogP contribution is -2.37. The molecule has 23 heavy (non-hydrogen) atoms. The second-order valence-electron chi connectivity index (χ2n) is 6.55. The van der Waals surface area contributed by atoms with E-state index in [0.717, 1.165) is 29.7 Å². The van der Waals surface area contributed by atoms with Gasteiger partial charge >= 0.3 is 0 Å². The Bertz CT molecular complexity index is 559. The molecule has 0 bridgehead atoms. The normalized spacial score (nSPS) is 14.0. The summed E-state index contributed by atoms with van der Waals surface area (Å²) in [7, 11) is 3.52. The number of aryl methyl sites for hydroxylation is 2. The van der Waals surface area contributed by atoms with Crippen molar-refractivity contribution >= 4 is 17.5 Å². The number of hydrogen-bond acceptors (Lipinski definition) is 3. The summed E-state index contributed by atoms with van der Waals surface area (Å²) in [6, 6.07) is 6.44. The molecule has 2 rings (SSSR count). The minimum Gasteiger partial charge on any atom is -0.349 e. The van der Waals surface area contributed by atoms with Crippen molar-refractivity contribution in [1.82, 2.24) is 9.80 Å². The van der Waals surface area contributed by atoms with Gasteiger partial charge in [0.15, 0.2) is 0 Å². The summed E-state index contributed by atoms with van der Waals surface area (Å²) < 4.78 is 0. The van der Waals surface area contributed by atoms with Crippen LogP contribution in [0.5, 0.6) is 0 Å². The first-order chi connectivity index (χ1) is 10.9. The van der Waals surface area contributed by atoms with E-state index in [1.807, 2.05) is 32.0 Å². The van der Waals surface area contributed by atoms with Crippen LogP contribution in [0.1, 0.15) is 30.4 Å². The van der Waals surface area contributed by atoms with Crippen molar-refractivity contribution in [2.75, 3.05) is 32.5 Å². The topological polar surface area (TPSA) is 52.7 Å². The maximum absolute atomic E-state index is 12.4. The zero-order valence-corrected chi connectivity index (χ0v) is 14.6. The van der Waals surface area contributed by atoms with E-state index in [0.29, 0.717) is 25.6 Å². The van der Waals surface area contributed by atoms with E-state index < -0.39 is 0 Å². The number of anilines is 1. The highest BCUT2D eigenvalue weighted by atomic mass is 16.2. The largest absolute Gasteiger partial charge is 0.349 e. The van der Waals surface area contributed by atoms with Crippen molar-refractivity contribution in [3.63, 3.8) is 0 Å². The van der Waals surface area contributed by atoms with Gasteiger partial charge in [0.1, 0.15) is 0 Å². The van der Waals surface area contributed by atoms with Crippen LogP contribution in [0.25, 0.3) is 0 Å². The highest BCUT2D eigenvalue weighted by molar-refractivity contribution is 5.93. The monoisotopic (exact) mass is 317 g/mol. The molecule has 1 fully saturated rings. The molecule has 0 saturated heterocycles. The Kier molecular flexibility index (Phi) is 5.77. The van der Waals surface area contributed by atoms with Crippen molar-refractivity contribution < 1.29 is 9.59 Å². The molecule has 1 N–H and O–H groups in total. The standard InChI is InChI=1S/C18H27N3O2/c1-13-6-5-7-14(2)18(13)19-16(22)12-21(15-8-9-15)11-10-17(23)20(3)4/h5-7,15H,8-12H2,1-4H3,(H,19,22). The van der Waals surface area contributed by atoms with E-state index in [2.05, 4.69) is 10.2 Å². The van der Waals surface area contributed by atoms with Crippen LogP contribution >= 0.6 is 0 Å². The van der Waals surface area contributed by atoms with Gasteiger partial charge in [0.25, 0.3) is 0 Å². The molecule has 1 aromatic rings. The van der Waals surface area contributed by atoms with E-state index in [-0.39, 0.29) is 11.8 Å². The molecule has 0 radical (unpaired) electrons. The Labute approximate surface area is 138 Å². The van der Waals surface area contributed by atoms with Gasteiger partial charge < -0.3 is 10.2 Å². The van der Waals surface area contributed by atoms with E-state index in [1.54, 1.807) is 19.0 Å². The average molecular weight is 317 g/mol. The molecule has 0 atom stereocenters. The second kappa shape index (κ2) is 7.59. The Balaban J connectivity index is 1.92. The van der Waals surface area contributed by atoms with Gasteiger partial charge in [-0.25, -0.2) is 0 Å². The Morgan fingerprint density at radius 3 is 2.30 bits per heavy atom. The first kappa shape index (κ1) is 17.5. The van der Waals surface area contributed by atoms with Crippen LogP contribution in [0.2, 0.25) is 0 Å². The van der Waals surface area contributed by atoms with Gasteiger partial charge in [-0.1, -0.05) is 18.2 Å². The molecule has 1 saturated carbocycles. The van der Waals surface area contributed by atoms with Crippen LogP contribution in [0, 0.1) is 13.8 Å². The number of rotatable bonds is 7. The van der Waals surface area contributed by atoms with Crippen molar-refractivity contribution in [2.24, 2.45) is 0 Å². The number of amides is 2. The van der Waals surface area contributed by atoms with Gasteiger partial charge in [0.05, 0.1) is 6.54 Å². The fourth-order valence-corrected chi connectivity index (χ4v) is 2.67. The van der Waals surface area contributed by atoms with Crippen LogP contribution in [-0.2, 0) is 9.59 Å². The minimum absolute atomic E-state index is 0.00778. The summed E-state index contributed by atoms with van der Waals surface area (Å²) in [4.78, 5) is 27.9. The molecule has 126 valence electrons. The molecule has 1 aliphatic rings. The van der Waals surface area contributed by atoms with Crippen molar-refractivity contribution in [2.45, 2.75) is 39.2 Å². The highest BCUT2D eigenvalue weighted by Gasteiger charge is 2.30. The minimum atomic E-state index is -0.00778. The highest BCUT2D eigenvalue weighted by Crippen LogP contribution is 2.27. The van der Waals surface area contributed by atoms with Gasteiger partial charge in [0.2, 0.25) is 11.8 Å². The Morgan fingerprint density at radius 1 is 1.17 bits per heavy atom. The lowest BCUT2D eigenvalue weighted by molar-refractivity contribution is -0.129. The Hall–Kier alpha value is -1.88. The third kappa shape index (κ3) is 5.06. The van der Waals surface area contributed by atoms with Gasteiger partial charge in [-0.15, -0.1) is 0 Å². The molecule has 0 aromatic heterocycles. The van der Waals surface area contributed by atoms with Crippen molar-refractivity contribution in [3.8, 4) is 0 Å². The quantitative estimate of drug-likeness (QED) is 0.839. The SMILES string of the molecule is Cc1cccc(C)c1NC(=O)CN(CCC(=O)N(C)C)C1CC1. The van der Waals surface area contributed by atoms with Crippen LogP contribution in [0.3, 0.4) is 0 Å². The zero-order chi connectivity index (χ0) is 17.0. The van der Waals surface area contributed by atoms with Crippen LogP contribution in [0.15, 0.2) is 18.2 Å². The number of nitrogens with one attached hydrogen (secondary N) is 1. The summed E-state index contributed by atoms with van der Waals surface area (Å²) in [6.07, 6.45) is 2.69. The van der Waals surface area contributed by atoms with Crippen molar-refractivity contribution in [3.05, 3.63) is 29.3 Å². The fourth-order valence-electron chi connectivity index (χ4n) is 2.67. The molecule has 5 nitrogen and oxygen atoms in total. The van der Waals surface area contributed by atoms with Crippen LogP contribution in [-0.4, -0.2) is 54.8 Å². The molecule has 0 heterocycles. The number of carbonyl (C=O) groups excluding carboxylic acids is 2. The molecule has 5 heteroatoms. The van der Waals surface area contributed by atoms with Crippen LogP contribution < -0.4 is 5.32 Å². The number of para-hydroxylation sites is 1. The fraction of sp³-hybridized carbons (Fsp3) is 0.556. The first-order valence-corrected chi connectivity index (χ1v) is 8.18. The summed E-state index contributed by atoms with van der Waals surface area (Å²) >= 11 is 0. The van der Waals surface area contributed by atoms with Gasteiger partial charge in [-0.3, -0.25) is 14.5 Å². The molecular formula is C18H27N3O2. The van der Waals surface area contributed by atoms with E-state index in [1.165, 1.54) is 0 Å². The van der Waals surface area contributed by atoms with E-state index in [9.17, 15) is 9.59 Å². The summed E-state index contributed by atoms with van der Waals surface area (Å²) in [5.74, 6) is 0.0948. The maximum Gasteiger partial charge on any atom is 0.238 e. The number of carbonyl (C=O) groups is 2. The molecular weight excluding hydrogens is 290 g/mol. The van der Waals surface area contributed by atoms with Gasteiger partial charge in [-0.2, -0.15) is 0 Å². The molecule has 0 unspecified atom stereocenters. The number of benzene rings is 1. The van der Waals surface area contributed by atoms with Crippen LogP contribution in [0.4, 0.5) is 5.69 Å². The maximum atomic E-state index is 12.4. The molecule has 1 aliphatic carbocycles. The third-order valence-corrected chi connectivity index (χ3v) is 4.27.